The lowest BCUT2D eigenvalue weighted by molar-refractivity contribution is 0.178. The average Bonchev–Trinajstić information content (AvgIpc) is 3.02. The van der Waals surface area contributed by atoms with Crippen LogP contribution in [0.5, 0.6) is 5.75 Å². The van der Waals surface area contributed by atoms with Crippen molar-refractivity contribution in [3.63, 3.8) is 0 Å². The van der Waals surface area contributed by atoms with Crippen molar-refractivity contribution in [2.45, 2.75) is 44.2 Å². The Labute approximate surface area is 114 Å². The number of rotatable bonds is 3. The van der Waals surface area contributed by atoms with Crippen molar-refractivity contribution >= 4 is 11.6 Å². The molecule has 3 rings (SSSR count). The SMILES string of the molecule is Clc1ccc(OC2CCN(C3CCCC3)C2)cc1. The van der Waals surface area contributed by atoms with Crippen LogP contribution in [0, 0.1) is 0 Å². The molecule has 18 heavy (non-hydrogen) atoms. The molecule has 3 heteroatoms. The molecule has 2 aliphatic rings. The first-order chi connectivity index (χ1) is 8.81. The van der Waals surface area contributed by atoms with E-state index in [1.807, 2.05) is 24.3 Å². The minimum atomic E-state index is 0.353. The fraction of sp³-hybridized carbons (Fsp3) is 0.600. The molecule has 1 atom stereocenters. The van der Waals surface area contributed by atoms with E-state index in [1.165, 1.54) is 32.2 Å². The molecule has 1 saturated heterocycles. The number of likely N-dealkylation sites (tertiary alicyclic amines) is 1. The summed E-state index contributed by atoms with van der Waals surface area (Å²) in [5.74, 6) is 0.942. The molecule has 1 aliphatic heterocycles. The van der Waals surface area contributed by atoms with Gasteiger partial charge in [-0.1, -0.05) is 24.4 Å². The summed E-state index contributed by atoms with van der Waals surface area (Å²) in [6.45, 7) is 2.29. The van der Waals surface area contributed by atoms with Crippen LogP contribution < -0.4 is 4.74 Å². The lowest BCUT2D eigenvalue weighted by Gasteiger charge is -2.23. The first kappa shape index (κ1) is 12.3. The van der Waals surface area contributed by atoms with Crippen LogP contribution in [0.25, 0.3) is 0 Å². The Morgan fingerprint density at radius 1 is 1.06 bits per heavy atom. The molecule has 0 spiro atoms. The maximum Gasteiger partial charge on any atom is 0.119 e. The van der Waals surface area contributed by atoms with E-state index >= 15 is 0 Å². The molecule has 0 bridgehead atoms. The highest BCUT2D eigenvalue weighted by Crippen LogP contribution is 2.28. The normalized spacial score (nSPS) is 25.7. The van der Waals surface area contributed by atoms with Crippen LogP contribution in [0.3, 0.4) is 0 Å². The van der Waals surface area contributed by atoms with Crippen molar-refractivity contribution in [1.82, 2.24) is 4.90 Å². The molecule has 1 aromatic carbocycles. The fourth-order valence-electron chi connectivity index (χ4n) is 3.16. The van der Waals surface area contributed by atoms with Crippen molar-refractivity contribution in [1.29, 1.82) is 0 Å². The van der Waals surface area contributed by atoms with E-state index < -0.39 is 0 Å². The molecule has 1 saturated carbocycles. The molecular formula is C15H20ClNO. The molecule has 1 heterocycles. The van der Waals surface area contributed by atoms with Gasteiger partial charge in [-0.15, -0.1) is 0 Å². The van der Waals surface area contributed by atoms with Gasteiger partial charge in [-0.05, 0) is 43.5 Å². The van der Waals surface area contributed by atoms with Crippen LogP contribution >= 0.6 is 11.6 Å². The second-order valence-electron chi connectivity index (χ2n) is 5.42. The van der Waals surface area contributed by atoms with Gasteiger partial charge in [0.25, 0.3) is 0 Å². The summed E-state index contributed by atoms with van der Waals surface area (Å²) in [5.41, 5.74) is 0. The van der Waals surface area contributed by atoms with Crippen molar-refractivity contribution < 1.29 is 4.74 Å². The van der Waals surface area contributed by atoms with Crippen molar-refractivity contribution in [2.75, 3.05) is 13.1 Å². The van der Waals surface area contributed by atoms with E-state index in [-0.39, 0.29) is 0 Å². The first-order valence-electron chi connectivity index (χ1n) is 6.97. The highest BCUT2D eigenvalue weighted by Gasteiger charge is 2.30. The maximum atomic E-state index is 6.02. The number of hydrogen-bond donors (Lipinski definition) is 0. The Balaban J connectivity index is 1.54. The molecule has 2 fully saturated rings. The smallest absolute Gasteiger partial charge is 0.119 e. The number of hydrogen-bond acceptors (Lipinski definition) is 2. The predicted molar refractivity (Wildman–Crippen MR) is 74.3 cm³/mol. The minimum absolute atomic E-state index is 0.353. The lowest BCUT2D eigenvalue weighted by atomic mass is 10.2. The Bertz CT molecular complexity index is 386. The lowest BCUT2D eigenvalue weighted by Crippen LogP contribution is -2.32. The standard InChI is InChI=1S/C15H20ClNO/c16-12-5-7-14(8-6-12)18-15-9-10-17(11-15)13-3-1-2-4-13/h5-8,13,15H,1-4,9-11H2. The number of nitrogens with zero attached hydrogens (tertiary/aromatic N) is 1. The van der Waals surface area contributed by atoms with Gasteiger partial charge in [0.2, 0.25) is 0 Å². The summed E-state index contributed by atoms with van der Waals surface area (Å²) >= 11 is 5.87. The van der Waals surface area contributed by atoms with E-state index in [1.54, 1.807) is 0 Å². The van der Waals surface area contributed by atoms with Gasteiger partial charge in [0, 0.05) is 24.2 Å². The average molecular weight is 266 g/mol. The zero-order valence-electron chi connectivity index (χ0n) is 10.6. The summed E-state index contributed by atoms with van der Waals surface area (Å²) in [6, 6.07) is 8.52. The third-order valence-corrected chi connectivity index (χ3v) is 4.39. The molecule has 0 aromatic heterocycles. The van der Waals surface area contributed by atoms with E-state index in [4.69, 9.17) is 16.3 Å². The van der Waals surface area contributed by atoms with Crippen LogP contribution in [-0.4, -0.2) is 30.1 Å². The topological polar surface area (TPSA) is 12.5 Å². The summed E-state index contributed by atoms with van der Waals surface area (Å²) in [4.78, 5) is 2.62. The van der Waals surface area contributed by atoms with Crippen molar-refractivity contribution in [3.8, 4) is 5.75 Å². The van der Waals surface area contributed by atoms with Crippen LogP contribution in [-0.2, 0) is 0 Å². The third kappa shape index (κ3) is 2.81. The quantitative estimate of drug-likeness (QED) is 0.826. The van der Waals surface area contributed by atoms with Gasteiger partial charge >= 0.3 is 0 Å². The molecule has 2 nitrogen and oxygen atoms in total. The molecule has 1 aliphatic carbocycles. The number of halogens is 1. The second-order valence-corrected chi connectivity index (χ2v) is 5.85. The predicted octanol–water partition coefficient (Wildman–Crippen LogP) is 3.74. The molecule has 0 N–H and O–H groups in total. The van der Waals surface area contributed by atoms with Gasteiger partial charge < -0.3 is 4.74 Å². The second kappa shape index (κ2) is 5.50. The highest BCUT2D eigenvalue weighted by molar-refractivity contribution is 6.30. The molecule has 98 valence electrons. The van der Waals surface area contributed by atoms with Crippen molar-refractivity contribution in [3.05, 3.63) is 29.3 Å². The van der Waals surface area contributed by atoms with E-state index in [2.05, 4.69) is 4.90 Å². The Morgan fingerprint density at radius 3 is 2.50 bits per heavy atom. The third-order valence-electron chi connectivity index (χ3n) is 4.13. The van der Waals surface area contributed by atoms with Crippen LogP contribution in [0.2, 0.25) is 5.02 Å². The molecule has 0 amide bonds. The van der Waals surface area contributed by atoms with E-state index in [9.17, 15) is 0 Å². The van der Waals surface area contributed by atoms with Gasteiger partial charge in [0.05, 0.1) is 0 Å². The van der Waals surface area contributed by atoms with Crippen LogP contribution in [0.15, 0.2) is 24.3 Å². The van der Waals surface area contributed by atoms with Crippen LogP contribution in [0.4, 0.5) is 0 Å². The van der Waals surface area contributed by atoms with Gasteiger partial charge in [0.15, 0.2) is 0 Å². The highest BCUT2D eigenvalue weighted by atomic mass is 35.5. The Hall–Kier alpha value is -0.730. The van der Waals surface area contributed by atoms with Crippen LogP contribution in [0.1, 0.15) is 32.1 Å². The molecular weight excluding hydrogens is 246 g/mol. The molecule has 1 unspecified atom stereocenters. The maximum absolute atomic E-state index is 6.02. The number of benzene rings is 1. The summed E-state index contributed by atoms with van der Waals surface area (Å²) in [6.07, 6.45) is 7.08. The van der Waals surface area contributed by atoms with Gasteiger partial charge in [-0.25, -0.2) is 0 Å². The van der Waals surface area contributed by atoms with Crippen molar-refractivity contribution in [2.24, 2.45) is 0 Å². The Kier molecular flexibility index (Phi) is 3.76. The Morgan fingerprint density at radius 2 is 1.78 bits per heavy atom. The summed E-state index contributed by atoms with van der Waals surface area (Å²) in [7, 11) is 0. The largest absolute Gasteiger partial charge is 0.489 e. The van der Waals surface area contributed by atoms with E-state index in [0.29, 0.717) is 6.10 Å². The van der Waals surface area contributed by atoms with Gasteiger partial charge in [0.1, 0.15) is 11.9 Å². The van der Waals surface area contributed by atoms with E-state index in [0.717, 1.165) is 29.8 Å². The first-order valence-corrected chi connectivity index (χ1v) is 7.35. The summed E-state index contributed by atoms with van der Waals surface area (Å²) in [5, 5.41) is 0.765. The summed E-state index contributed by atoms with van der Waals surface area (Å²) < 4.78 is 6.02. The van der Waals surface area contributed by atoms with Gasteiger partial charge in [-0.3, -0.25) is 4.90 Å². The molecule has 1 aromatic rings. The fourth-order valence-corrected chi connectivity index (χ4v) is 3.28. The molecule has 0 radical (unpaired) electrons. The number of ether oxygens (including phenoxy) is 1. The zero-order chi connectivity index (χ0) is 12.4. The van der Waals surface area contributed by atoms with Gasteiger partial charge in [-0.2, -0.15) is 0 Å². The monoisotopic (exact) mass is 265 g/mol. The minimum Gasteiger partial charge on any atom is -0.489 e. The zero-order valence-corrected chi connectivity index (χ0v) is 11.4.